The third-order valence-corrected chi connectivity index (χ3v) is 3.08. The molecule has 1 heterocycles. The van der Waals surface area contributed by atoms with E-state index in [2.05, 4.69) is 26.0 Å². The fraction of sp³-hybridized carbons (Fsp3) is 0.214. The van der Waals surface area contributed by atoms with Gasteiger partial charge in [0.25, 0.3) is 0 Å². The minimum atomic E-state index is -0.486. The van der Waals surface area contributed by atoms with Gasteiger partial charge in [-0.25, -0.2) is 4.79 Å². The predicted octanol–water partition coefficient (Wildman–Crippen LogP) is 3.45. The van der Waals surface area contributed by atoms with Gasteiger partial charge in [0.05, 0.1) is 20.8 Å². The number of halogens is 1. The Morgan fingerprint density at radius 2 is 2.10 bits per heavy atom. The quantitative estimate of drug-likeness (QED) is 0.845. The molecule has 0 aliphatic heterocycles. The lowest BCUT2D eigenvalue weighted by molar-refractivity contribution is 0.0563. The summed E-state index contributed by atoms with van der Waals surface area (Å²) in [5.41, 5.74) is 0.882. The van der Waals surface area contributed by atoms with E-state index in [0.29, 0.717) is 12.3 Å². The van der Waals surface area contributed by atoms with E-state index in [4.69, 9.17) is 9.15 Å². The first-order chi connectivity index (χ1) is 9.62. The van der Waals surface area contributed by atoms with Crippen LogP contribution in [0.1, 0.15) is 16.3 Å². The van der Waals surface area contributed by atoms with Gasteiger partial charge in [-0.1, -0.05) is 15.9 Å². The first-order valence-electron chi connectivity index (χ1n) is 5.88. The number of rotatable bonds is 5. The molecule has 1 aromatic carbocycles. The fourth-order valence-electron chi connectivity index (χ4n) is 1.66. The summed E-state index contributed by atoms with van der Waals surface area (Å²) >= 11 is 3.41. The molecule has 6 heteroatoms. The number of esters is 1. The van der Waals surface area contributed by atoms with Crippen LogP contribution in [0, 0.1) is 0 Å². The molecule has 2 aromatic rings. The number of carbonyl (C=O) groups is 1. The van der Waals surface area contributed by atoms with Crippen LogP contribution in [0.25, 0.3) is 0 Å². The topological polar surface area (TPSA) is 60.7 Å². The Balaban J connectivity index is 2.03. The maximum atomic E-state index is 11.3. The third-order valence-electron chi connectivity index (χ3n) is 2.62. The zero-order valence-electron chi connectivity index (χ0n) is 11.1. The van der Waals surface area contributed by atoms with Gasteiger partial charge >= 0.3 is 5.97 Å². The van der Waals surface area contributed by atoms with Gasteiger partial charge < -0.3 is 19.2 Å². The average molecular weight is 340 g/mol. The van der Waals surface area contributed by atoms with E-state index in [1.165, 1.54) is 7.11 Å². The van der Waals surface area contributed by atoms with Crippen LogP contribution in [-0.4, -0.2) is 20.2 Å². The zero-order chi connectivity index (χ0) is 14.5. The van der Waals surface area contributed by atoms with Gasteiger partial charge in [-0.15, -0.1) is 0 Å². The van der Waals surface area contributed by atoms with Gasteiger partial charge in [0.15, 0.2) is 0 Å². The first-order valence-corrected chi connectivity index (χ1v) is 6.67. The summed E-state index contributed by atoms with van der Waals surface area (Å²) in [5, 5.41) is 3.19. The Labute approximate surface area is 125 Å². The second-order valence-electron chi connectivity index (χ2n) is 3.99. The summed E-state index contributed by atoms with van der Waals surface area (Å²) < 4.78 is 16.0. The molecule has 0 unspecified atom stereocenters. The Morgan fingerprint density at radius 1 is 1.30 bits per heavy atom. The van der Waals surface area contributed by atoms with Crippen molar-refractivity contribution in [1.29, 1.82) is 0 Å². The molecule has 106 valence electrons. The molecular weight excluding hydrogens is 326 g/mol. The second-order valence-corrected chi connectivity index (χ2v) is 4.91. The van der Waals surface area contributed by atoms with E-state index in [-0.39, 0.29) is 5.76 Å². The molecule has 1 N–H and O–H groups in total. The third kappa shape index (κ3) is 3.54. The molecule has 0 spiro atoms. The van der Waals surface area contributed by atoms with E-state index in [1.54, 1.807) is 19.2 Å². The number of anilines is 1. The van der Waals surface area contributed by atoms with Crippen molar-refractivity contribution < 1.29 is 18.7 Å². The molecule has 0 bridgehead atoms. The van der Waals surface area contributed by atoms with Crippen molar-refractivity contribution in [2.45, 2.75) is 6.54 Å². The molecule has 0 saturated heterocycles. The summed E-state index contributed by atoms with van der Waals surface area (Å²) in [4.78, 5) is 11.3. The number of nitrogens with one attached hydrogen (secondary N) is 1. The van der Waals surface area contributed by atoms with Gasteiger partial charge in [0.1, 0.15) is 11.5 Å². The summed E-state index contributed by atoms with van der Waals surface area (Å²) in [6.07, 6.45) is 0. The zero-order valence-corrected chi connectivity index (χ0v) is 12.7. The molecule has 1 aromatic heterocycles. The summed E-state index contributed by atoms with van der Waals surface area (Å²) in [5.74, 6) is 1.09. The Kier molecular flexibility index (Phi) is 4.68. The molecular formula is C14H14BrNO4. The summed E-state index contributed by atoms with van der Waals surface area (Å²) in [7, 11) is 2.93. The monoisotopic (exact) mass is 339 g/mol. The molecule has 0 saturated carbocycles. The number of furan rings is 1. The van der Waals surface area contributed by atoms with Crippen molar-refractivity contribution in [3.63, 3.8) is 0 Å². The van der Waals surface area contributed by atoms with Gasteiger partial charge in [0.2, 0.25) is 5.76 Å². The Hall–Kier alpha value is -1.95. The highest BCUT2D eigenvalue weighted by Crippen LogP contribution is 2.25. The number of hydrogen-bond acceptors (Lipinski definition) is 5. The largest absolute Gasteiger partial charge is 0.497 e. The van der Waals surface area contributed by atoms with E-state index < -0.39 is 5.97 Å². The van der Waals surface area contributed by atoms with E-state index >= 15 is 0 Å². The standard InChI is InChI=1S/C14H14BrNO4/c1-18-12-6-9(15)5-10(7-12)16-8-11-3-4-13(20-11)14(17)19-2/h3-7,16H,8H2,1-2H3. The highest BCUT2D eigenvalue weighted by molar-refractivity contribution is 9.10. The van der Waals surface area contributed by atoms with Crippen LogP contribution >= 0.6 is 15.9 Å². The molecule has 0 fully saturated rings. The molecule has 0 aliphatic rings. The second kappa shape index (κ2) is 6.47. The number of ether oxygens (including phenoxy) is 2. The lowest BCUT2D eigenvalue weighted by atomic mass is 10.3. The predicted molar refractivity (Wildman–Crippen MR) is 78.1 cm³/mol. The van der Waals surface area contributed by atoms with Crippen molar-refractivity contribution in [2.75, 3.05) is 19.5 Å². The van der Waals surface area contributed by atoms with E-state index in [9.17, 15) is 4.79 Å². The molecule has 0 aliphatic carbocycles. The van der Waals surface area contributed by atoms with Crippen molar-refractivity contribution in [3.8, 4) is 5.75 Å². The minimum Gasteiger partial charge on any atom is -0.497 e. The summed E-state index contributed by atoms with van der Waals surface area (Å²) in [6, 6.07) is 8.98. The van der Waals surface area contributed by atoms with Crippen LogP contribution in [0.15, 0.2) is 39.2 Å². The maximum absolute atomic E-state index is 11.3. The number of carbonyl (C=O) groups excluding carboxylic acids is 1. The number of hydrogen-bond donors (Lipinski definition) is 1. The molecule has 0 atom stereocenters. The van der Waals surface area contributed by atoms with Crippen LogP contribution in [-0.2, 0) is 11.3 Å². The van der Waals surface area contributed by atoms with Gasteiger partial charge in [-0.2, -0.15) is 0 Å². The first kappa shape index (κ1) is 14.5. The van der Waals surface area contributed by atoms with Crippen molar-refractivity contribution in [2.24, 2.45) is 0 Å². The van der Waals surface area contributed by atoms with Gasteiger partial charge in [-0.05, 0) is 24.3 Å². The van der Waals surface area contributed by atoms with Crippen LogP contribution in [0.2, 0.25) is 0 Å². The van der Waals surface area contributed by atoms with Gasteiger partial charge in [-0.3, -0.25) is 0 Å². The van der Waals surface area contributed by atoms with Crippen LogP contribution in [0.4, 0.5) is 5.69 Å². The minimum absolute atomic E-state index is 0.191. The number of benzene rings is 1. The maximum Gasteiger partial charge on any atom is 0.373 e. The van der Waals surface area contributed by atoms with E-state index in [1.807, 2.05) is 18.2 Å². The molecule has 2 rings (SSSR count). The summed E-state index contributed by atoms with van der Waals surface area (Å²) in [6.45, 7) is 0.455. The molecule has 5 nitrogen and oxygen atoms in total. The highest BCUT2D eigenvalue weighted by Gasteiger charge is 2.10. The smallest absolute Gasteiger partial charge is 0.373 e. The molecule has 20 heavy (non-hydrogen) atoms. The van der Waals surface area contributed by atoms with Crippen molar-refractivity contribution >= 4 is 27.6 Å². The van der Waals surface area contributed by atoms with Crippen LogP contribution in [0.5, 0.6) is 5.75 Å². The molecule has 0 amide bonds. The van der Waals surface area contributed by atoms with Crippen LogP contribution in [0.3, 0.4) is 0 Å². The number of methoxy groups -OCH3 is 2. The normalized spacial score (nSPS) is 10.2. The van der Waals surface area contributed by atoms with Gasteiger partial charge in [0, 0.05) is 16.2 Å². The van der Waals surface area contributed by atoms with Crippen molar-refractivity contribution in [3.05, 3.63) is 46.3 Å². The lowest BCUT2D eigenvalue weighted by Crippen LogP contribution is -2.00. The van der Waals surface area contributed by atoms with Crippen molar-refractivity contribution in [1.82, 2.24) is 0 Å². The van der Waals surface area contributed by atoms with E-state index in [0.717, 1.165) is 15.9 Å². The lowest BCUT2D eigenvalue weighted by Gasteiger charge is -2.07. The Bertz CT molecular complexity index is 609. The average Bonchev–Trinajstić information content (AvgIpc) is 2.92. The van der Waals surface area contributed by atoms with Crippen LogP contribution < -0.4 is 10.1 Å². The molecule has 0 radical (unpaired) electrons. The Morgan fingerprint density at radius 3 is 2.80 bits per heavy atom. The SMILES string of the molecule is COC(=O)c1ccc(CNc2cc(Br)cc(OC)c2)o1. The fourth-order valence-corrected chi connectivity index (χ4v) is 2.13. The highest BCUT2D eigenvalue weighted by atomic mass is 79.9.